The summed E-state index contributed by atoms with van der Waals surface area (Å²) in [4.78, 5) is 3.72. The summed E-state index contributed by atoms with van der Waals surface area (Å²) < 4.78 is 0. The van der Waals surface area contributed by atoms with Gasteiger partial charge < -0.3 is 10.7 Å². The Balaban J connectivity index is 1.88. The molecule has 0 saturated carbocycles. The molecule has 3 aromatic carbocycles. The zero-order chi connectivity index (χ0) is 18.2. The molecule has 0 radical (unpaired) electrons. The maximum absolute atomic E-state index is 6.38. The first-order valence-corrected chi connectivity index (χ1v) is 10.2. The van der Waals surface area contributed by atoms with E-state index in [2.05, 4.69) is 47.4 Å². The number of para-hydroxylation sites is 2. The molecule has 0 saturated heterocycles. The summed E-state index contributed by atoms with van der Waals surface area (Å²) in [5.74, 6) is 0. The lowest BCUT2D eigenvalue weighted by Crippen LogP contribution is -1.98. The van der Waals surface area contributed by atoms with Gasteiger partial charge in [0.1, 0.15) is 0 Å². The predicted octanol–water partition coefficient (Wildman–Crippen LogP) is 6.62. The molecule has 3 N–H and O–H groups in total. The van der Waals surface area contributed by atoms with Crippen molar-refractivity contribution >= 4 is 27.5 Å². The van der Waals surface area contributed by atoms with Crippen molar-refractivity contribution in [2.24, 2.45) is 0 Å². The first-order chi connectivity index (χ1) is 13.3. The largest absolute Gasteiger partial charge is 0.398 e. The van der Waals surface area contributed by atoms with Crippen molar-refractivity contribution in [2.45, 2.75) is 44.9 Å². The zero-order valence-electron chi connectivity index (χ0n) is 15.7. The highest BCUT2D eigenvalue weighted by Crippen LogP contribution is 2.40. The van der Waals surface area contributed by atoms with Gasteiger partial charge in [-0.25, -0.2) is 0 Å². The number of anilines is 1. The van der Waals surface area contributed by atoms with Crippen LogP contribution in [0.4, 0.5) is 5.69 Å². The fourth-order valence-corrected chi connectivity index (χ4v) is 4.76. The third kappa shape index (κ3) is 2.80. The second-order valence-corrected chi connectivity index (χ2v) is 7.84. The van der Waals surface area contributed by atoms with Crippen LogP contribution in [0, 0.1) is 0 Å². The molecule has 136 valence electrons. The normalized spacial score (nSPS) is 15.3. The molecule has 0 amide bonds. The molecule has 5 rings (SSSR count). The predicted molar refractivity (Wildman–Crippen MR) is 116 cm³/mol. The van der Waals surface area contributed by atoms with Gasteiger partial charge in [-0.2, -0.15) is 0 Å². The lowest BCUT2D eigenvalue weighted by Gasteiger charge is -2.15. The maximum Gasteiger partial charge on any atom is 0.0548 e. The van der Waals surface area contributed by atoms with Crippen molar-refractivity contribution in [1.29, 1.82) is 0 Å². The summed E-state index contributed by atoms with van der Waals surface area (Å²) in [6, 6.07) is 19.4. The van der Waals surface area contributed by atoms with Crippen LogP contribution in [-0.2, 0) is 12.8 Å². The molecule has 0 fully saturated rings. The van der Waals surface area contributed by atoms with Gasteiger partial charge in [-0.3, -0.25) is 0 Å². The third-order valence-corrected chi connectivity index (χ3v) is 6.11. The molecule has 0 aliphatic heterocycles. The Labute approximate surface area is 160 Å². The van der Waals surface area contributed by atoms with E-state index in [4.69, 9.17) is 5.73 Å². The van der Waals surface area contributed by atoms with Crippen LogP contribution in [0.25, 0.3) is 32.9 Å². The molecule has 1 aliphatic rings. The van der Waals surface area contributed by atoms with Crippen LogP contribution >= 0.6 is 0 Å². The van der Waals surface area contributed by atoms with Gasteiger partial charge in [0, 0.05) is 33.1 Å². The van der Waals surface area contributed by atoms with E-state index in [1.807, 2.05) is 12.1 Å². The van der Waals surface area contributed by atoms with Crippen molar-refractivity contribution in [1.82, 2.24) is 4.98 Å². The number of aromatic nitrogens is 1. The van der Waals surface area contributed by atoms with Crippen LogP contribution in [0.1, 0.15) is 43.2 Å². The highest BCUT2D eigenvalue weighted by atomic mass is 14.7. The van der Waals surface area contributed by atoms with E-state index in [9.17, 15) is 0 Å². The Kier molecular flexibility index (Phi) is 4.12. The quantitative estimate of drug-likeness (QED) is 0.371. The van der Waals surface area contributed by atoms with E-state index in [1.54, 1.807) is 5.56 Å². The average Bonchev–Trinajstić information content (AvgIpc) is 3.12. The average molecular weight is 354 g/mol. The smallest absolute Gasteiger partial charge is 0.0548 e. The van der Waals surface area contributed by atoms with Gasteiger partial charge in [-0.15, -0.1) is 0 Å². The Morgan fingerprint density at radius 1 is 0.741 bits per heavy atom. The summed E-state index contributed by atoms with van der Waals surface area (Å²) >= 11 is 0. The summed E-state index contributed by atoms with van der Waals surface area (Å²) in [6.07, 6.45) is 8.97. The van der Waals surface area contributed by atoms with E-state index in [0.29, 0.717) is 0 Å². The van der Waals surface area contributed by atoms with Crippen molar-refractivity contribution in [3.63, 3.8) is 0 Å². The molecule has 0 spiro atoms. The monoisotopic (exact) mass is 354 g/mol. The number of nitrogens with two attached hydrogens (primary N) is 1. The van der Waals surface area contributed by atoms with Gasteiger partial charge in [-0.05, 0) is 55.0 Å². The number of H-pyrrole nitrogens is 1. The molecular weight excluding hydrogens is 328 g/mol. The summed E-state index contributed by atoms with van der Waals surface area (Å²) in [5.41, 5.74) is 15.2. The fraction of sp³-hybridized carbons (Fsp3) is 0.280. The number of aryl methyl sites for hydroxylation is 2. The number of benzene rings is 3. The fourth-order valence-electron chi connectivity index (χ4n) is 4.76. The number of nitrogen functional groups attached to an aromatic ring is 1. The van der Waals surface area contributed by atoms with E-state index in [-0.39, 0.29) is 0 Å². The van der Waals surface area contributed by atoms with Gasteiger partial charge in [0.05, 0.1) is 5.52 Å². The highest BCUT2D eigenvalue weighted by molar-refractivity contribution is 6.14. The lowest BCUT2D eigenvalue weighted by molar-refractivity contribution is 0.629. The molecule has 1 aliphatic carbocycles. The topological polar surface area (TPSA) is 41.8 Å². The molecule has 27 heavy (non-hydrogen) atoms. The Bertz CT molecular complexity index is 1120. The number of nitrogens with one attached hydrogen (secondary N) is 1. The van der Waals surface area contributed by atoms with Crippen LogP contribution < -0.4 is 5.73 Å². The standard InChI is InChI=1S/C25H26N2/c26-22-14-8-6-12-19(22)21-16-17-10-4-2-1-3-5-11-18(17)24-20-13-7-9-15-23(20)27-25(21)24/h6-9,12-16,27H,1-5,10-11,26H2. The van der Waals surface area contributed by atoms with Crippen LogP contribution in [-0.4, -0.2) is 4.98 Å². The van der Waals surface area contributed by atoms with E-state index in [0.717, 1.165) is 11.3 Å². The SMILES string of the molecule is Nc1ccccc1-c1cc2c(c3c1[nH]c1ccccc13)CCCCCCC2. The third-order valence-electron chi connectivity index (χ3n) is 6.11. The first kappa shape index (κ1) is 16.4. The molecule has 1 heterocycles. The van der Waals surface area contributed by atoms with Crippen molar-refractivity contribution in [3.05, 3.63) is 65.7 Å². The number of rotatable bonds is 1. The van der Waals surface area contributed by atoms with Gasteiger partial charge in [0.25, 0.3) is 0 Å². The zero-order valence-corrected chi connectivity index (χ0v) is 15.7. The maximum atomic E-state index is 6.38. The Morgan fingerprint density at radius 3 is 2.37 bits per heavy atom. The number of hydrogen-bond donors (Lipinski definition) is 2. The van der Waals surface area contributed by atoms with Crippen molar-refractivity contribution in [3.8, 4) is 11.1 Å². The Hall–Kier alpha value is -2.74. The lowest BCUT2D eigenvalue weighted by atomic mass is 9.89. The first-order valence-electron chi connectivity index (χ1n) is 10.2. The van der Waals surface area contributed by atoms with Gasteiger partial charge in [0.2, 0.25) is 0 Å². The van der Waals surface area contributed by atoms with E-state index >= 15 is 0 Å². The summed E-state index contributed by atoms with van der Waals surface area (Å²) in [5, 5.41) is 2.77. The van der Waals surface area contributed by atoms with Crippen molar-refractivity contribution < 1.29 is 0 Å². The number of fused-ring (bicyclic) bond motifs is 5. The second kappa shape index (κ2) is 6.77. The highest BCUT2D eigenvalue weighted by Gasteiger charge is 2.19. The molecule has 0 bridgehead atoms. The number of aromatic amines is 1. The van der Waals surface area contributed by atoms with Crippen LogP contribution in [0.5, 0.6) is 0 Å². The van der Waals surface area contributed by atoms with E-state index < -0.39 is 0 Å². The molecule has 4 aromatic rings. The van der Waals surface area contributed by atoms with Gasteiger partial charge in [-0.1, -0.05) is 55.7 Å². The molecular formula is C25H26N2. The van der Waals surface area contributed by atoms with Crippen molar-refractivity contribution in [2.75, 3.05) is 5.73 Å². The van der Waals surface area contributed by atoms with Crippen LogP contribution in [0.15, 0.2) is 54.6 Å². The van der Waals surface area contributed by atoms with E-state index in [1.165, 1.54) is 77.9 Å². The molecule has 0 unspecified atom stereocenters. The molecule has 1 aromatic heterocycles. The molecule has 2 heteroatoms. The van der Waals surface area contributed by atoms with Crippen LogP contribution in [0.3, 0.4) is 0 Å². The molecule has 0 atom stereocenters. The van der Waals surface area contributed by atoms with Crippen LogP contribution in [0.2, 0.25) is 0 Å². The summed E-state index contributed by atoms with van der Waals surface area (Å²) in [7, 11) is 0. The minimum Gasteiger partial charge on any atom is -0.398 e. The second-order valence-electron chi connectivity index (χ2n) is 7.84. The summed E-state index contributed by atoms with van der Waals surface area (Å²) in [6.45, 7) is 0. The Morgan fingerprint density at radius 2 is 1.48 bits per heavy atom. The molecule has 2 nitrogen and oxygen atoms in total. The van der Waals surface area contributed by atoms with Gasteiger partial charge in [0.15, 0.2) is 0 Å². The minimum absolute atomic E-state index is 0.848. The number of hydrogen-bond acceptors (Lipinski definition) is 1. The van der Waals surface area contributed by atoms with Gasteiger partial charge >= 0.3 is 0 Å². The minimum atomic E-state index is 0.848.